The fraction of sp³-hybridized carbons (Fsp3) is 0.455. The fourth-order valence-electron chi connectivity index (χ4n) is 1.40. The molecule has 1 aliphatic heterocycles. The third-order valence-electron chi connectivity index (χ3n) is 2.72. The van der Waals surface area contributed by atoms with Gasteiger partial charge in [-0.05, 0) is 20.3 Å². The van der Waals surface area contributed by atoms with Gasteiger partial charge >= 0.3 is 12.1 Å². The number of carbonyl (C=O) groups excluding carboxylic acids is 4. The van der Waals surface area contributed by atoms with E-state index in [4.69, 9.17) is 5.84 Å². The van der Waals surface area contributed by atoms with Crippen molar-refractivity contribution in [2.24, 2.45) is 11.3 Å². The average Bonchev–Trinajstić information content (AvgIpc) is 2.66. The van der Waals surface area contributed by atoms with E-state index in [-0.39, 0.29) is 13.0 Å². The second-order valence-corrected chi connectivity index (χ2v) is 4.62. The van der Waals surface area contributed by atoms with Gasteiger partial charge < -0.3 is 4.74 Å². The van der Waals surface area contributed by atoms with E-state index in [9.17, 15) is 19.2 Å². The van der Waals surface area contributed by atoms with Gasteiger partial charge in [0.25, 0.3) is 11.8 Å². The van der Waals surface area contributed by atoms with E-state index in [1.165, 1.54) is 13.8 Å². The molecule has 3 N–H and O–H groups in total. The molecule has 0 aromatic carbocycles. The van der Waals surface area contributed by atoms with Crippen LogP contribution in [0.1, 0.15) is 20.3 Å². The summed E-state index contributed by atoms with van der Waals surface area (Å²) in [6.45, 7) is 3.15. The molecule has 104 valence electrons. The van der Waals surface area contributed by atoms with E-state index in [1.807, 2.05) is 0 Å². The molecular formula is C11H15N3O5. The predicted molar refractivity (Wildman–Crippen MR) is 63.1 cm³/mol. The summed E-state index contributed by atoms with van der Waals surface area (Å²) in [6.07, 6.45) is 1.43. The third kappa shape index (κ3) is 3.62. The van der Waals surface area contributed by atoms with Crippen LogP contribution in [0.15, 0.2) is 12.2 Å². The number of esters is 1. The van der Waals surface area contributed by atoms with Crippen molar-refractivity contribution in [3.63, 3.8) is 0 Å². The van der Waals surface area contributed by atoms with Crippen LogP contribution < -0.4 is 11.3 Å². The lowest BCUT2D eigenvalue weighted by Gasteiger charge is -2.24. The molecule has 1 aliphatic rings. The quantitative estimate of drug-likeness (QED) is 0.176. The smallest absolute Gasteiger partial charge is 0.375 e. The van der Waals surface area contributed by atoms with Gasteiger partial charge in [-0.2, -0.15) is 0 Å². The van der Waals surface area contributed by atoms with E-state index >= 15 is 0 Å². The normalized spacial score (nSPS) is 14.8. The maximum absolute atomic E-state index is 11.7. The number of ether oxygens (including phenoxy) is 1. The Hall–Kier alpha value is -2.22. The largest absolute Gasteiger partial charge is 0.429 e. The van der Waals surface area contributed by atoms with Gasteiger partial charge in [-0.3, -0.25) is 24.7 Å². The van der Waals surface area contributed by atoms with Gasteiger partial charge in [0.2, 0.25) is 0 Å². The van der Waals surface area contributed by atoms with Crippen LogP contribution in [0.4, 0.5) is 4.79 Å². The van der Waals surface area contributed by atoms with Crippen LogP contribution in [0.3, 0.4) is 0 Å². The van der Waals surface area contributed by atoms with E-state index < -0.39 is 29.3 Å². The Kier molecular flexibility index (Phi) is 4.38. The third-order valence-corrected chi connectivity index (χ3v) is 2.72. The first-order chi connectivity index (χ1) is 8.77. The van der Waals surface area contributed by atoms with Crippen LogP contribution in [0.2, 0.25) is 0 Å². The number of nitrogens with one attached hydrogen (secondary N) is 1. The van der Waals surface area contributed by atoms with Crippen LogP contribution in [0.5, 0.6) is 0 Å². The molecule has 0 atom stereocenters. The van der Waals surface area contributed by atoms with E-state index in [1.54, 1.807) is 5.43 Å². The Morgan fingerprint density at radius 1 is 1.32 bits per heavy atom. The van der Waals surface area contributed by atoms with Gasteiger partial charge in [-0.15, -0.1) is 0 Å². The van der Waals surface area contributed by atoms with E-state index in [0.29, 0.717) is 0 Å². The number of hydrogen-bond donors (Lipinski definition) is 2. The van der Waals surface area contributed by atoms with Crippen LogP contribution in [-0.2, 0) is 19.1 Å². The van der Waals surface area contributed by atoms with Crippen molar-refractivity contribution < 1.29 is 23.9 Å². The molecule has 8 heteroatoms. The number of amides is 3. The van der Waals surface area contributed by atoms with E-state index in [2.05, 4.69) is 4.74 Å². The molecule has 0 radical (unpaired) electrons. The van der Waals surface area contributed by atoms with Crippen molar-refractivity contribution in [1.29, 1.82) is 0 Å². The highest BCUT2D eigenvalue weighted by molar-refractivity contribution is 6.12. The van der Waals surface area contributed by atoms with Gasteiger partial charge in [-0.25, -0.2) is 10.6 Å². The monoisotopic (exact) mass is 269 g/mol. The van der Waals surface area contributed by atoms with Gasteiger partial charge in [0, 0.05) is 18.7 Å². The number of hydrazine groups is 1. The zero-order valence-corrected chi connectivity index (χ0v) is 10.6. The summed E-state index contributed by atoms with van der Waals surface area (Å²) >= 11 is 0. The minimum atomic E-state index is -1.06. The first-order valence-corrected chi connectivity index (χ1v) is 5.54. The zero-order valence-electron chi connectivity index (χ0n) is 10.6. The number of nitrogens with two attached hydrogens (primary N) is 1. The summed E-state index contributed by atoms with van der Waals surface area (Å²) in [7, 11) is 0. The molecule has 0 aromatic heterocycles. The number of hydrogen-bond acceptors (Lipinski definition) is 6. The number of imide groups is 1. The molecular weight excluding hydrogens is 254 g/mol. The topological polar surface area (TPSA) is 119 Å². The molecule has 0 unspecified atom stereocenters. The second-order valence-electron chi connectivity index (χ2n) is 4.62. The van der Waals surface area contributed by atoms with Crippen molar-refractivity contribution in [2.75, 3.05) is 6.54 Å². The van der Waals surface area contributed by atoms with Crippen LogP contribution in [-0.4, -0.2) is 35.3 Å². The van der Waals surface area contributed by atoms with E-state index in [0.717, 1.165) is 17.1 Å². The molecule has 0 aliphatic carbocycles. The van der Waals surface area contributed by atoms with Gasteiger partial charge in [0.15, 0.2) is 0 Å². The molecule has 3 amide bonds. The standard InChI is InChI=1S/C11H15N3O5/c1-11(2,9(17)19-10(18)13-12)5-6-14-7(15)3-4-8(14)16/h3-4H,5-6,12H2,1-2H3,(H,13,18). The SMILES string of the molecule is CC(C)(CCN1C(=O)C=CC1=O)C(=O)OC(=O)NN. The lowest BCUT2D eigenvalue weighted by Crippen LogP contribution is -2.39. The highest BCUT2D eigenvalue weighted by atomic mass is 16.6. The predicted octanol–water partition coefficient (Wildman–Crippen LogP) is -0.546. The Labute approximate surface area is 109 Å². The van der Waals surface area contributed by atoms with Crippen molar-refractivity contribution in [2.45, 2.75) is 20.3 Å². The Bertz CT molecular complexity index is 437. The summed E-state index contributed by atoms with van der Waals surface area (Å²) in [6, 6.07) is 0. The first-order valence-electron chi connectivity index (χ1n) is 5.54. The maximum Gasteiger partial charge on any atom is 0.429 e. The highest BCUT2D eigenvalue weighted by Crippen LogP contribution is 2.23. The second kappa shape index (κ2) is 5.61. The Balaban J connectivity index is 2.55. The zero-order chi connectivity index (χ0) is 14.6. The molecule has 0 saturated heterocycles. The summed E-state index contributed by atoms with van der Waals surface area (Å²) in [5.41, 5.74) is 0.637. The van der Waals surface area contributed by atoms with Crippen LogP contribution >= 0.6 is 0 Å². The lowest BCUT2D eigenvalue weighted by atomic mass is 9.89. The minimum Gasteiger partial charge on any atom is -0.375 e. The van der Waals surface area contributed by atoms with Crippen LogP contribution in [0, 0.1) is 5.41 Å². The number of carbonyl (C=O) groups is 4. The lowest BCUT2D eigenvalue weighted by molar-refractivity contribution is -0.149. The maximum atomic E-state index is 11.7. The molecule has 1 rings (SSSR count). The molecule has 0 saturated carbocycles. The highest BCUT2D eigenvalue weighted by Gasteiger charge is 2.33. The molecule has 0 aromatic rings. The molecule has 8 nitrogen and oxygen atoms in total. The summed E-state index contributed by atoms with van der Waals surface area (Å²) in [4.78, 5) is 46.1. The van der Waals surface area contributed by atoms with Crippen molar-refractivity contribution in [3.05, 3.63) is 12.2 Å². The van der Waals surface area contributed by atoms with Gasteiger partial charge in [-0.1, -0.05) is 0 Å². The molecule has 0 spiro atoms. The molecule has 1 heterocycles. The number of nitrogens with zero attached hydrogens (tertiary/aromatic N) is 1. The Morgan fingerprint density at radius 2 is 1.84 bits per heavy atom. The van der Waals surface area contributed by atoms with Crippen LogP contribution in [0.25, 0.3) is 0 Å². The fourth-order valence-corrected chi connectivity index (χ4v) is 1.40. The average molecular weight is 269 g/mol. The van der Waals surface area contributed by atoms with Crippen molar-refractivity contribution >= 4 is 23.9 Å². The summed E-state index contributed by atoms with van der Waals surface area (Å²) < 4.78 is 4.42. The first kappa shape index (κ1) is 14.8. The van der Waals surface area contributed by atoms with Gasteiger partial charge in [0.05, 0.1) is 5.41 Å². The molecule has 19 heavy (non-hydrogen) atoms. The summed E-state index contributed by atoms with van der Waals surface area (Å²) in [5, 5.41) is 0. The molecule has 0 fully saturated rings. The summed E-state index contributed by atoms with van der Waals surface area (Å²) in [5.74, 6) is 3.16. The van der Waals surface area contributed by atoms with Crippen molar-refractivity contribution in [1.82, 2.24) is 10.3 Å². The number of rotatable bonds is 4. The Morgan fingerprint density at radius 3 is 2.32 bits per heavy atom. The van der Waals surface area contributed by atoms with Crippen molar-refractivity contribution in [3.8, 4) is 0 Å². The van der Waals surface area contributed by atoms with Gasteiger partial charge in [0.1, 0.15) is 0 Å². The molecule has 0 bridgehead atoms. The minimum absolute atomic E-state index is 0.0665.